The van der Waals surface area contributed by atoms with E-state index in [1.165, 1.54) is 43.2 Å². The molecule has 1 saturated carbocycles. The number of fused-ring (bicyclic) bond motifs is 1. The highest BCUT2D eigenvalue weighted by molar-refractivity contribution is 5.55. The van der Waals surface area contributed by atoms with Gasteiger partial charge in [-0.25, -0.2) is 4.52 Å². The van der Waals surface area contributed by atoms with Gasteiger partial charge in [-0.15, -0.1) is 0 Å². The van der Waals surface area contributed by atoms with Crippen LogP contribution in [-0.2, 0) is 0 Å². The van der Waals surface area contributed by atoms with Gasteiger partial charge in [-0.05, 0) is 49.8 Å². The van der Waals surface area contributed by atoms with Crippen LogP contribution in [0.4, 0.5) is 0 Å². The lowest BCUT2D eigenvalue weighted by Gasteiger charge is -2.33. The highest BCUT2D eigenvalue weighted by Gasteiger charge is 2.28. The Morgan fingerprint density at radius 2 is 2.10 bits per heavy atom. The smallest absolute Gasteiger partial charge is 0.0709 e. The van der Waals surface area contributed by atoms with E-state index < -0.39 is 0 Å². The van der Waals surface area contributed by atoms with Gasteiger partial charge in [-0.3, -0.25) is 0 Å². The van der Waals surface area contributed by atoms with E-state index in [2.05, 4.69) is 42.6 Å². The molecule has 1 aliphatic carbocycles. The predicted molar refractivity (Wildman–Crippen MR) is 87.3 cm³/mol. The molecule has 0 spiro atoms. The molecule has 1 unspecified atom stereocenters. The summed E-state index contributed by atoms with van der Waals surface area (Å²) in [5.41, 5.74) is 2.63. The molecular formula is C18H27N3. The van der Waals surface area contributed by atoms with Gasteiger partial charge in [-0.2, -0.15) is 5.10 Å². The van der Waals surface area contributed by atoms with E-state index in [-0.39, 0.29) is 0 Å². The summed E-state index contributed by atoms with van der Waals surface area (Å²) in [6, 6.07) is 6.80. The summed E-state index contributed by atoms with van der Waals surface area (Å²) < 4.78 is 2.00. The first-order chi connectivity index (χ1) is 10.3. The van der Waals surface area contributed by atoms with Crippen LogP contribution in [0.3, 0.4) is 0 Å². The van der Waals surface area contributed by atoms with Gasteiger partial charge in [0.15, 0.2) is 0 Å². The second-order valence-corrected chi connectivity index (χ2v) is 6.58. The van der Waals surface area contributed by atoms with Crippen molar-refractivity contribution in [1.29, 1.82) is 0 Å². The Labute approximate surface area is 127 Å². The van der Waals surface area contributed by atoms with Crippen molar-refractivity contribution in [2.24, 2.45) is 11.8 Å². The van der Waals surface area contributed by atoms with Crippen molar-refractivity contribution < 1.29 is 0 Å². The minimum absolute atomic E-state index is 0.456. The Hall–Kier alpha value is -1.35. The zero-order valence-electron chi connectivity index (χ0n) is 13.3. The van der Waals surface area contributed by atoms with E-state index in [0.29, 0.717) is 6.04 Å². The highest BCUT2D eigenvalue weighted by atomic mass is 15.2. The van der Waals surface area contributed by atoms with Crippen molar-refractivity contribution in [3.05, 3.63) is 36.2 Å². The fourth-order valence-electron chi connectivity index (χ4n) is 3.64. The minimum Gasteiger partial charge on any atom is -0.310 e. The lowest BCUT2D eigenvalue weighted by Crippen LogP contribution is -2.31. The second kappa shape index (κ2) is 6.61. The largest absolute Gasteiger partial charge is 0.310 e. The van der Waals surface area contributed by atoms with Crippen LogP contribution in [-0.4, -0.2) is 16.2 Å². The molecular weight excluding hydrogens is 258 g/mol. The summed E-state index contributed by atoms with van der Waals surface area (Å²) in [6.45, 7) is 5.71. The van der Waals surface area contributed by atoms with Crippen LogP contribution >= 0.6 is 0 Å². The van der Waals surface area contributed by atoms with Gasteiger partial charge in [0.05, 0.1) is 11.7 Å². The number of hydrogen-bond donors (Lipinski definition) is 1. The maximum Gasteiger partial charge on any atom is 0.0709 e. The van der Waals surface area contributed by atoms with Crippen LogP contribution in [0, 0.1) is 11.8 Å². The van der Waals surface area contributed by atoms with Gasteiger partial charge in [0.1, 0.15) is 0 Å². The monoisotopic (exact) mass is 285 g/mol. The third-order valence-electron chi connectivity index (χ3n) is 4.94. The topological polar surface area (TPSA) is 29.3 Å². The molecule has 0 saturated heterocycles. The summed E-state index contributed by atoms with van der Waals surface area (Å²) in [4.78, 5) is 0. The second-order valence-electron chi connectivity index (χ2n) is 6.58. The lowest BCUT2D eigenvalue weighted by molar-refractivity contribution is 0.232. The number of rotatable bonds is 5. The average Bonchev–Trinajstić information content (AvgIpc) is 2.93. The van der Waals surface area contributed by atoms with Crippen LogP contribution in [0.15, 0.2) is 30.6 Å². The zero-order chi connectivity index (χ0) is 14.7. The molecule has 3 rings (SSSR count). The lowest BCUT2D eigenvalue weighted by atomic mass is 9.77. The SMILES string of the molecule is CCCNC(c1cnn2ccccc12)C1CCC(C)CC1. The molecule has 1 fully saturated rings. The molecule has 2 aromatic rings. The third kappa shape index (κ3) is 3.13. The maximum atomic E-state index is 4.53. The maximum absolute atomic E-state index is 4.53. The van der Waals surface area contributed by atoms with Crippen molar-refractivity contribution in [2.45, 2.75) is 52.0 Å². The van der Waals surface area contributed by atoms with E-state index in [4.69, 9.17) is 0 Å². The van der Waals surface area contributed by atoms with E-state index >= 15 is 0 Å². The fraction of sp³-hybridized carbons (Fsp3) is 0.611. The molecule has 1 N–H and O–H groups in total. The zero-order valence-corrected chi connectivity index (χ0v) is 13.3. The van der Waals surface area contributed by atoms with Crippen molar-refractivity contribution in [1.82, 2.24) is 14.9 Å². The minimum atomic E-state index is 0.456. The average molecular weight is 285 g/mol. The first-order valence-electron chi connectivity index (χ1n) is 8.45. The van der Waals surface area contributed by atoms with Gasteiger partial charge >= 0.3 is 0 Å². The van der Waals surface area contributed by atoms with Gasteiger partial charge in [0.25, 0.3) is 0 Å². The quantitative estimate of drug-likeness (QED) is 0.892. The summed E-state index contributed by atoms with van der Waals surface area (Å²) in [5.74, 6) is 1.65. The Morgan fingerprint density at radius 3 is 2.86 bits per heavy atom. The Balaban J connectivity index is 1.87. The molecule has 1 aliphatic rings. The van der Waals surface area contributed by atoms with Crippen molar-refractivity contribution in [3.63, 3.8) is 0 Å². The molecule has 0 aliphatic heterocycles. The third-order valence-corrected chi connectivity index (χ3v) is 4.94. The summed E-state index contributed by atoms with van der Waals surface area (Å²) in [5, 5.41) is 8.33. The van der Waals surface area contributed by atoms with E-state index in [1.807, 2.05) is 16.8 Å². The summed E-state index contributed by atoms with van der Waals surface area (Å²) in [7, 11) is 0. The van der Waals surface area contributed by atoms with Gasteiger partial charge in [0, 0.05) is 17.8 Å². The van der Waals surface area contributed by atoms with Crippen LogP contribution in [0.1, 0.15) is 57.6 Å². The Kier molecular flexibility index (Phi) is 4.59. The highest BCUT2D eigenvalue weighted by Crippen LogP contribution is 2.37. The molecule has 2 heterocycles. The molecule has 3 nitrogen and oxygen atoms in total. The van der Waals surface area contributed by atoms with Gasteiger partial charge in [0.2, 0.25) is 0 Å². The molecule has 3 heteroatoms. The normalized spacial score (nSPS) is 24.3. The van der Waals surface area contributed by atoms with E-state index in [0.717, 1.165) is 18.4 Å². The molecule has 0 aromatic carbocycles. The summed E-state index contributed by atoms with van der Waals surface area (Å²) in [6.07, 6.45) is 10.7. The van der Waals surface area contributed by atoms with Crippen LogP contribution in [0.2, 0.25) is 0 Å². The standard InChI is InChI=1S/C18H27N3/c1-3-11-19-18(15-9-7-14(2)8-10-15)16-13-20-21-12-5-4-6-17(16)21/h4-6,12-15,18-19H,3,7-11H2,1-2H3. The molecule has 114 valence electrons. The molecule has 21 heavy (non-hydrogen) atoms. The number of aromatic nitrogens is 2. The molecule has 1 atom stereocenters. The van der Waals surface area contributed by atoms with Gasteiger partial charge in [-0.1, -0.05) is 32.8 Å². The predicted octanol–water partition coefficient (Wildman–Crippen LogP) is 4.20. The number of hydrogen-bond acceptors (Lipinski definition) is 2. The number of pyridine rings is 1. The first kappa shape index (κ1) is 14.6. The van der Waals surface area contributed by atoms with Crippen LogP contribution < -0.4 is 5.32 Å². The van der Waals surface area contributed by atoms with E-state index in [1.54, 1.807) is 0 Å². The number of nitrogens with zero attached hydrogens (tertiary/aromatic N) is 2. The van der Waals surface area contributed by atoms with Crippen LogP contribution in [0.25, 0.3) is 5.52 Å². The Morgan fingerprint density at radius 1 is 1.29 bits per heavy atom. The Bertz CT molecular complexity index is 567. The first-order valence-corrected chi connectivity index (χ1v) is 8.45. The van der Waals surface area contributed by atoms with Crippen molar-refractivity contribution in [2.75, 3.05) is 6.54 Å². The van der Waals surface area contributed by atoms with Gasteiger partial charge < -0.3 is 5.32 Å². The molecule has 0 bridgehead atoms. The number of nitrogens with one attached hydrogen (secondary N) is 1. The molecule has 0 amide bonds. The molecule has 0 radical (unpaired) electrons. The molecule has 2 aromatic heterocycles. The van der Waals surface area contributed by atoms with Crippen molar-refractivity contribution >= 4 is 5.52 Å². The van der Waals surface area contributed by atoms with Crippen LogP contribution in [0.5, 0.6) is 0 Å². The fourth-order valence-corrected chi connectivity index (χ4v) is 3.64. The summed E-state index contributed by atoms with van der Waals surface area (Å²) >= 11 is 0. The van der Waals surface area contributed by atoms with Crippen molar-refractivity contribution in [3.8, 4) is 0 Å². The van der Waals surface area contributed by atoms with E-state index in [9.17, 15) is 0 Å².